The van der Waals surface area contributed by atoms with E-state index in [9.17, 15) is 4.79 Å². The fourth-order valence-electron chi connectivity index (χ4n) is 3.87. The van der Waals surface area contributed by atoms with Gasteiger partial charge in [0.2, 0.25) is 5.91 Å². The summed E-state index contributed by atoms with van der Waals surface area (Å²) in [6.45, 7) is 0.724. The zero-order valence-corrected chi connectivity index (χ0v) is 15.3. The molecule has 130 valence electrons. The van der Waals surface area contributed by atoms with Crippen molar-refractivity contribution in [3.63, 3.8) is 0 Å². The largest absolute Gasteiger partial charge is 0.497 e. The number of carbonyl (C=O) groups excluding carboxylic acids is 1. The van der Waals surface area contributed by atoms with E-state index >= 15 is 0 Å². The summed E-state index contributed by atoms with van der Waals surface area (Å²) in [7, 11) is 1.69. The minimum absolute atomic E-state index is 0.0193. The van der Waals surface area contributed by atoms with Gasteiger partial charge >= 0.3 is 0 Å². The number of carbonyl (C=O) groups is 1. The quantitative estimate of drug-likeness (QED) is 0.879. The van der Waals surface area contributed by atoms with Crippen molar-refractivity contribution < 1.29 is 9.53 Å². The summed E-state index contributed by atoms with van der Waals surface area (Å²) in [5.41, 5.74) is 2.57. The second-order valence-electron chi connectivity index (χ2n) is 6.98. The van der Waals surface area contributed by atoms with E-state index in [4.69, 9.17) is 4.74 Å². The van der Waals surface area contributed by atoms with Crippen LogP contribution in [0, 0.1) is 0 Å². The molecule has 1 saturated carbocycles. The zero-order chi connectivity index (χ0) is 17.3. The van der Waals surface area contributed by atoms with E-state index in [0.717, 1.165) is 30.9 Å². The van der Waals surface area contributed by atoms with E-state index in [1.165, 1.54) is 22.4 Å². The van der Waals surface area contributed by atoms with Crippen LogP contribution in [-0.4, -0.2) is 25.3 Å². The summed E-state index contributed by atoms with van der Waals surface area (Å²) in [4.78, 5) is 14.0. The maximum Gasteiger partial charge on any atom is 0.228 e. The average Bonchev–Trinajstić information content (AvgIpc) is 3.05. The van der Waals surface area contributed by atoms with Gasteiger partial charge in [-0.15, -0.1) is 11.8 Å². The number of rotatable bonds is 5. The number of hydrogen-bond donors (Lipinski definition) is 1. The third-order valence-corrected chi connectivity index (χ3v) is 6.81. The molecular formula is C21H23NO2S. The summed E-state index contributed by atoms with van der Waals surface area (Å²) < 4.78 is 5.26. The van der Waals surface area contributed by atoms with Crippen LogP contribution in [0.15, 0.2) is 53.4 Å². The molecule has 0 radical (unpaired) electrons. The molecule has 0 saturated heterocycles. The third-order valence-electron chi connectivity index (χ3n) is 5.63. The van der Waals surface area contributed by atoms with Crippen molar-refractivity contribution in [1.29, 1.82) is 0 Å². The highest BCUT2D eigenvalue weighted by molar-refractivity contribution is 7.99. The molecule has 3 nitrogen and oxygen atoms in total. The summed E-state index contributed by atoms with van der Waals surface area (Å²) in [5.74, 6) is 1.87. The van der Waals surface area contributed by atoms with E-state index in [1.54, 1.807) is 18.9 Å². The van der Waals surface area contributed by atoms with Crippen LogP contribution in [0.5, 0.6) is 5.75 Å². The topological polar surface area (TPSA) is 38.3 Å². The second-order valence-corrected chi connectivity index (χ2v) is 8.04. The molecule has 1 N–H and O–H groups in total. The van der Waals surface area contributed by atoms with Gasteiger partial charge in [0.25, 0.3) is 0 Å². The van der Waals surface area contributed by atoms with E-state index in [2.05, 4.69) is 29.6 Å². The minimum Gasteiger partial charge on any atom is -0.497 e. The van der Waals surface area contributed by atoms with Crippen LogP contribution in [0.3, 0.4) is 0 Å². The molecule has 2 aliphatic rings. The fourth-order valence-corrected chi connectivity index (χ4v) is 5.10. The van der Waals surface area contributed by atoms with Gasteiger partial charge in [0.1, 0.15) is 5.75 Å². The first-order valence-corrected chi connectivity index (χ1v) is 9.84. The monoisotopic (exact) mass is 353 g/mol. The van der Waals surface area contributed by atoms with Crippen molar-refractivity contribution in [3.05, 3.63) is 59.7 Å². The molecule has 2 aromatic carbocycles. The number of thioether (sulfide) groups is 1. The Morgan fingerprint density at radius 2 is 1.96 bits per heavy atom. The van der Waals surface area contributed by atoms with Crippen molar-refractivity contribution in [1.82, 2.24) is 5.32 Å². The molecule has 1 unspecified atom stereocenters. The molecule has 0 bridgehead atoms. The maximum absolute atomic E-state index is 12.8. The van der Waals surface area contributed by atoms with Crippen molar-refractivity contribution in [2.45, 2.75) is 35.5 Å². The summed E-state index contributed by atoms with van der Waals surface area (Å²) >= 11 is 1.78. The van der Waals surface area contributed by atoms with Crippen LogP contribution >= 0.6 is 11.8 Å². The Balaban J connectivity index is 1.45. The Kier molecular flexibility index (Phi) is 4.46. The lowest BCUT2D eigenvalue weighted by Gasteiger charge is -2.43. The van der Waals surface area contributed by atoms with Crippen molar-refractivity contribution in [2.75, 3.05) is 19.4 Å². The first-order valence-electron chi connectivity index (χ1n) is 8.86. The standard InChI is InChI=1S/C21H23NO2S/c1-24-16-9-7-15(8-10-16)21(11-4-12-21)14-22-20(23)18-13-25-19-6-3-2-5-17(18)19/h2-3,5-10,18H,4,11-14H2,1H3,(H,22,23). The molecule has 1 aliphatic heterocycles. The molecule has 0 aromatic heterocycles. The Morgan fingerprint density at radius 3 is 2.64 bits per heavy atom. The van der Waals surface area contributed by atoms with Gasteiger partial charge in [0.15, 0.2) is 0 Å². The highest BCUT2D eigenvalue weighted by atomic mass is 32.2. The van der Waals surface area contributed by atoms with Crippen molar-refractivity contribution in [2.24, 2.45) is 0 Å². The van der Waals surface area contributed by atoms with Crippen molar-refractivity contribution >= 4 is 17.7 Å². The van der Waals surface area contributed by atoms with Gasteiger partial charge in [-0.25, -0.2) is 0 Å². The lowest BCUT2D eigenvalue weighted by molar-refractivity contribution is -0.122. The summed E-state index contributed by atoms with van der Waals surface area (Å²) in [6.07, 6.45) is 3.50. The number of ether oxygens (including phenoxy) is 1. The molecule has 1 heterocycles. The lowest BCUT2D eigenvalue weighted by Crippen LogP contribution is -2.46. The van der Waals surface area contributed by atoms with Crippen molar-refractivity contribution in [3.8, 4) is 5.75 Å². The molecule has 2 aromatic rings. The Morgan fingerprint density at radius 1 is 1.20 bits per heavy atom. The molecule has 1 aliphatic carbocycles. The van der Waals surface area contributed by atoms with Gasteiger partial charge < -0.3 is 10.1 Å². The smallest absolute Gasteiger partial charge is 0.228 e. The third kappa shape index (κ3) is 3.04. The van der Waals surface area contributed by atoms with Gasteiger partial charge in [-0.05, 0) is 42.2 Å². The maximum atomic E-state index is 12.8. The minimum atomic E-state index is -0.0193. The average molecular weight is 353 g/mol. The molecule has 4 heteroatoms. The highest BCUT2D eigenvalue weighted by Crippen LogP contribution is 2.44. The van der Waals surface area contributed by atoms with Crippen LogP contribution in [-0.2, 0) is 10.2 Å². The van der Waals surface area contributed by atoms with Gasteiger partial charge in [-0.2, -0.15) is 0 Å². The Labute approximate surface area is 153 Å². The van der Waals surface area contributed by atoms with Gasteiger partial charge in [0, 0.05) is 22.6 Å². The summed E-state index contributed by atoms with van der Waals surface area (Å²) in [6, 6.07) is 16.6. The zero-order valence-electron chi connectivity index (χ0n) is 14.5. The van der Waals surface area contributed by atoms with Crippen LogP contribution in [0.4, 0.5) is 0 Å². The molecule has 1 fully saturated rings. The lowest BCUT2D eigenvalue weighted by atomic mass is 9.64. The fraction of sp³-hybridized carbons (Fsp3) is 0.381. The van der Waals surface area contributed by atoms with Crippen LogP contribution in [0.2, 0.25) is 0 Å². The van der Waals surface area contributed by atoms with Crippen LogP contribution in [0.25, 0.3) is 0 Å². The highest BCUT2D eigenvalue weighted by Gasteiger charge is 2.39. The number of methoxy groups -OCH3 is 1. The first-order chi connectivity index (χ1) is 12.2. The number of nitrogens with one attached hydrogen (secondary N) is 1. The molecule has 1 atom stereocenters. The van der Waals surface area contributed by atoms with E-state index in [1.807, 2.05) is 24.3 Å². The Hall–Kier alpha value is -1.94. The van der Waals surface area contributed by atoms with Gasteiger partial charge in [0.05, 0.1) is 13.0 Å². The second kappa shape index (κ2) is 6.75. The van der Waals surface area contributed by atoms with E-state index < -0.39 is 0 Å². The predicted octanol–water partition coefficient (Wildman–Crippen LogP) is 4.12. The predicted molar refractivity (Wildman–Crippen MR) is 101 cm³/mol. The molecule has 0 spiro atoms. The first kappa shape index (κ1) is 16.5. The molecule has 25 heavy (non-hydrogen) atoms. The number of hydrogen-bond acceptors (Lipinski definition) is 3. The summed E-state index contributed by atoms with van der Waals surface area (Å²) in [5, 5.41) is 3.25. The van der Waals surface area contributed by atoms with E-state index in [0.29, 0.717) is 0 Å². The van der Waals surface area contributed by atoms with Crippen LogP contribution in [0.1, 0.15) is 36.3 Å². The molecular weight excluding hydrogens is 330 g/mol. The van der Waals surface area contributed by atoms with Gasteiger partial charge in [-0.1, -0.05) is 36.8 Å². The van der Waals surface area contributed by atoms with E-state index in [-0.39, 0.29) is 17.2 Å². The number of amides is 1. The molecule has 1 amide bonds. The number of benzene rings is 2. The Bertz CT molecular complexity index is 768. The van der Waals surface area contributed by atoms with Gasteiger partial charge in [-0.3, -0.25) is 4.79 Å². The van der Waals surface area contributed by atoms with Crippen LogP contribution < -0.4 is 10.1 Å². The molecule has 4 rings (SSSR count). The SMILES string of the molecule is COc1ccc(C2(CNC(=O)C3CSc4ccccc43)CCC2)cc1. The normalized spacial score (nSPS) is 20.4. The number of fused-ring (bicyclic) bond motifs is 1.